The molecule has 0 aliphatic rings. The third-order valence-corrected chi connectivity index (χ3v) is 2.65. The molecule has 1 aromatic heterocycles. The molecule has 0 aliphatic heterocycles. The Balaban J connectivity index is 2.18. The van der Waals surface area contributed by atoms with Gasteiger partial charge in [-0.1, -0.05) is 12.1 Å². The first-order valence-electron chi connectivity index (χ1n) is 4.87. The number of rotatable bonds is 3. The van der Waals surface area contributed by atoms with Crippen molar-refractivity contribution in [1.29, 1.82) is 5.26 Å². The Kier molecular flexibility index (Phi) is 3.23. The quantitative estimate of drug-likeness (QED) is 0.762. The zero-order chi connectivity index (χ0) is 11.4. The van der Waals surface area contributed by atoms with Crippen LogP contribution in [0.25, 0.3) is 0 Å². The van der Waals surface area contributed by atoms with Crippen LogP contribution in [0, 0.1) is 11.3 Å². The predicted octanol–water partition coefficient (Wildman–Crippen LogP) is 2.54. The SMILES string of the molecule is N#Cc1ccc(Cc2cncn2CCl)cc1. The van der Waals surface area contributed by atoms with E-state index in [1.165, 1.54) is 0 Å². The van der Waals surface area contributed by atoms with Crippen molar-refractivity contribution in [2.24, 2.45) is 0 Å². The number of hydrogen-bond acceptors (Lipinski definition) is 2. The molecule has 1 heterocycles. The summed E-state index contributed by atoms with van der Waals surface area (Å²) in [4.78, 5) is 4.05. The molecule has 0 amide bonds. The molecule has 0 spiro atoms. The molecule has 4 heteroatoms. The van der Waals surface area contributed by atoms with E-state index in [9.17, 15) is 0 Å². The van der Waals surface area contributed by atoms with Crippen LogP contribution >= 0.6 is 11.6 Å². The van der Waals surface area contributed by atoms with Gasteiger partial charge < -0.3 is 4.57 Å². The van der Waals surface area contributed by atoms with Gasteiger partial charge in [0.25, 0.3) is 0 Å². The van der Waals surface area contributed by atoms with E-state index in [2.05, 4.69) is 11.1 Å². The molecule has 0 atom stereocenters. The van der Waals surface area contributed by atoms with Gasteiger partial charge in [-0.2, -0.15) is 5.26 Å². The molecule has 0 N–H and O–H groups in total. The summed E-state index contributed by atoms with van der Waals surface area (Å²) in [5, 5.41) is 8.69. The minimum atomic E-state index is 0.408. The number of nitriles is 1. The minimum absolute atomic E-state index is 0.408. The van der Waals surface area contributed by atoms with Crippen LogP contribution in [0.3, 0.4) is 0 Å². The molecule has 2 aromatic rings. The number of benzene rings is 1. The number of alkyl halides is 1. The van der Waals surface area contributed by atoms with Crippen LogP contribution in [0.4, 0.5) is 0 Å². The van der Waals surface area contributed by atoms with Crippen LogP contribution in [0.1, 0.15) is 16.8 Å². The Morgan fingerprint density at radius 2 is 2.06 bits per heavy atom. The lowest BCUT2D eigenvalue weighted by Gasteiger charge is -2.04. The van der Waals surface area contributed by atoms with E-state index in [-0.39, 0.29) is 0 Å². The largest absolute Gasteiger partial charge is 0.320 e. The molecule has 16 heavy (non-hydrogen) atoms. The zero-order valence-electron chi connectivity index (χ0n) is 8.60. The molecular formula is C12H10ClN3. The fraction of sp³-hybridized carbons (Fsp3) is 0.167. The Bertz CT molecular complexity index is 508. The van der Waals surface area contributed by atoms with Crippen molar-refractivity contribution in [2.45, 2.75) is 12.4 Å². The normalized spacial score (nSPS) is 10.0. The highest BCUT2D eigenvalue weighted by molar-refractivity contribution is 6.15. The van der Waals surface area contributed by atoms with Crippen molar-refractivity contribution in [3.8, 4) is 6.07 Å². The number of imidazole rings is 1. The molecule has 3 nitrogen and oxygen atoms in total. The summed E-state index contributed by atoms with van der Waals surface area (Å²) in [6.45, 7) is 0. The maximum Gasteiger partial charge on any atom is 0.0991 e. The molecule has 2 rings (SSSR count). The van der Waals surface area contributed by atoms with Gasteiger partial charge in [0.1, 0.15) is 0 Å². The van der Waals surface area contributed by atoms with Gasteiger partial charge >= 0.3 is 0 Å². The van der Waals surface area contributed by atoms with Gasteiger partial charge in [-0.3, -0.25) is 0 Å². The number of hydrogen-bond donors (Lipinski definition) is 0. The average Bonchev–Trinajstić information content (AvgIpc) is 2.77. The second-order valence-electron chi connectivity index (χ2n) is 3.46. The first-order chi connectivity index (χ1) is 7.83. The first kappa shape index (κ1) is 10.7. The van der Waals surface area contributed by atoms with Crippen molar-refractivity contribution in [1.82, 2.24) is 9.55 Å². The third-order valence-electron chi connectivity index (χ3n) is 2.40. The minimum Gasteiger partial charge on any atom is -0.320 e. The summed E-state index contributed by atoms with van der Waals surface area (Å²) < 4.78 is 1.89. The summed E-state index contributed by atoms with van der Waals surface area (Å²) >= 11 is 5.77. The van der Waals surface area contributed by atoms with E-state index in [0.717, 1.165) is 17.7 Å². The Labute approximate surface area is 98.9 Å². The fourth-order valence-electron chi connectivity index (χ4n) is 1.51. The third kappa shape index (κ3) is 2.23. The predicted molar refractivity (Wildman–Crippen MR) is 62.0 cm³/mol. The van der Waals surface area contributed by atoms with E-state index >= 15 is 0 Å². The van der Waals surface area contributed by atoms with E-state index < -0.39 is 0 Å². The molecular weight excluding hydrogens is 222 g/mol. The lowest BCUT2D eigenvalue weighted by molar-refractivity contribution is 0.819. The first-order valence-corrected chi connectivity index (χ1v) is 5.41. The van der Waals surface area contributed by atoms with Crippen molar-refractivity contribution < 1.29 is 0 Å². The standard InChI is InChI=1S/C12H10ClN3/c13-8-16-9-15-7-12(16)5-10-1-3-11(6-14)4-2-10/h1-4,7,9H,5,8H2. The van der Waals surface area contributed by atoms with Crippen LogP contribution in [0.2, 0.25) is 0 Å². The van der Waals surface area contributed by atoms with Crippen molar-refractivity contribution >= 4 is 11.6 Å². The second kappa shape index (κ2) is 4.82. The highest BCUT2D eigenvalue weighted by Gasteiger charge is 2.02. The smallest absolute Gasteiger partial charge is 0.0991 e. The van der Waals surface area contributed by atoms with E-state index in [0.29, 0.717) is 11.6 Å². The lowest BCUT2D eigenvalue weighted by atomic mass is 10.1. The van der Waals surface area contributed by atoms with Gasteiger partial charge in [-0.15, -0.1) is 11.6 Å². The maximum absolute atomic E-state index is 8.69. The number of nitrogens with zero attached hydrogens (tertiary/aromatic N) is 3. The maximum atomic E-state index is 8.69. The highest BCUT2D eigenvalue weighted by atomic mass is 35.5. The fourth-order valence-corrected chi connectivity index (χ4v) is 1.72. The monoisotopic (exact) mass is 231 g/mol. The molecule has 0 aliphatic carbocycles. The van der Waals surface area contributed by atoms with Gasteiger partial charge in [-0.25, -0.2) is 4.98 Å². The van der Waals surface area contributed by atoms with Crippen LogP contribution in [0.15, 0.2) is 36.8 Å². The molecule has 0 saturated carbocycles. The molecule has 0 bridgehead atoms. The molecule has 0 saturated heterocycles. The molecule has 1 aromatic carbocycles. The van der Waals surface area contributed by atoms with Crippen molar-refractivity contribution in [3.05, 3.63) is 53.6 Å². The summed E-state index contributed by atoms with van der Waals surface area (Å²) in [6, 6.07) is 10.0. The topological polar surface area (TPSA) is 41.6 Å². The van der Waals surface area contributed by atoms with Crippen LogP contribution in [0.5, 0.6) is 0 Å². The van der Waals surface area contributed by atoms with Gasteiger partial charge in [0.15, 0.2) is 0 Å². The number of aromatic nitrogens is 2. The summed E-state index contributed by atoms with van der Waals surface area (Å²) in [5.41, 5.74) is 2.89. The van der Waals surface area contributed by atoms with Crippen molar-refractivity contribution in [2.75, 3.05) is 0 Å². The Morgan fingerprint density at radius 3 is 2.69 bits per heavy atom. The van der Waals surface area contributed by atoms with Gasteiger partial charge in [0.2, 0.25) is 0 Å². The van der Waals surface area contributed by atoms with E-state index in [1.54, 1.807) is 12.5 Å². The van der Waals surface area contributed by atoms with E-state index in [1.807, 2.05) is 28.8 Å². The lowest BCUT2D eigenvalue weighted by Crippen LogP contribution is -1.98. The summed E-state index contributed by atoms with van der Waals surface area (Å²) in [6.07, 6.45) is 4.30. The van der Waals surface area contributed by atoms with Gasteiger partial charge in [0, 0.05) is 18.3 Å². The molecule has 0 fully saturated rings. The second-order valence-corrected chi connectivity index (χ2v) is 3.70. The summed E-state index contributed by atoms with van der Waals surface area (Å²) in [7, 11) is 0. The average molecular weight is 232 g/mol. The molecule has 0 radical (unpaired) electrons. The van der Waals surface area contributed by atoms with Crippen LogP contribution < -0.4 is 0 Å². The van der Waals surface area contributed by atoms with E-state index in [4.69, 9.17) is 16.9 Å². The molecule has 80 valence electrons. The summed E-state index contributed by atoms with van der Waals surface area (Å²) in [5.74, 6) is 0. The van der Waals surface area contributed by atoms with Crippen LogP contribution in [-0.4, -0.2) is 9.55 Å². The Hall–Kier alpha value is -1.79. The molecule has 0 unspecified atom stereocenters. The highest BCUT2D eigenvalue weighted by Crippen LogP contribution is 2.11. The zero-order valence-corrected chi connectivity index (χ0v) is 9.35. The Morgan fingerprint density at radius 1 is 1.31 bits per heavy atom. The van der Waals surface area contributed by atoms with Crippen LogP contribution in [-0.2, 0) is 12.4 Å². The number of halogens is 1. The van der Waals surface area contributed by atoms with Crippen molar-refractivity contribution in [3.63, 3.8) is 0 Å². The van der Waals surface area contributed by atoms with Gasteiger partial charge in [0.05, 0.1) is 24.0 Å². The van der Waals surface area contributed by atoms with Gasteiger partial charge in [-0.05, 0) is 17.7 Å².